The first-order valence-corrected chi connectivity index (χ1v) is 9.23. The lowest BCUT2D eigenvalue weighted by molar-refractivity contribution is 0.228. The first-order chi connectivity index (χ1) is 10.0. The molecule has 0 radical (unpaired) electrons. The van der Waals surface area contributed by atoms with Crippen LogP contribution < -0.4 is 0 Å². The van der Waals surface area contributed by atoms with E-state index < -0.39 is 10.2 Å². The van der Waals surface area contributed by atoms with Crippen molar-refractivity contribution in [1.82, 2.24) is 8.61 Å². The van der Waals surface area contributed by atoms with Gasteiger partial charge >= 0.3 is 0 Å². The van der Waals surface area contributed by atoms with Crippen LogP contribution in [-0.2, 0) is 15.6 Å². The summed E-state index contributed by atoms with van der Waals surface area (Å²) >= 11 is 0. The molecule has 2 aliphatic rings. The van der Waals surface area contributed by atoms with E-state index in [0.717, 1.165) is 25.7 Å². The molecule has 21 heavy (non-hydrogen) atoms. The highest BCUT2D eigenvalue weighted by atomic mass is 32.2. The van der Waals surface area contributed by atoms with Gasteiger partial charge in [0.15, 0.2) is 0 Å². The fraction of sp³-hybridized carbons (Fsp3) is 0.625. The van der Waals surface area contributed by atoms with E-state index in [0.29, 0.717) is 26.2 Å². The molecule has 0 aromatic heterocycles. The Hall–Kier alpha value is -0.910. The van der Waals surface area contributed by atoms with Crippen LogP contribution in [0.25, 0.3) is 0 Å². The molecule has 1 aromatic carbocycles. The van der Waals surface area contributed by atoms with Gasteiger partial charge in [0.1, 0.15) is 0 Å². The van der Waals surface area contributed by atoms with Crippen molar-refractivity contribution < 1.29 is 8.42 Å². The van der Waals surface area contributed by atoms with Gasteiger partial charge < -0.3 is 0 Å². The van der Waals surface area contributed by atoms with E-state index >= 15 is 0 Å². The molecule has 1 aromatic rings. The molecule has 0 amide bonds. The van der Waals surface area contributed by atoms with Crippen LogP contribution in [0.15, 0.2) is 30.3 Å². The lowest BCUT2D eigenvalue weighted by Crippen LogP contribution is -2.51. The third kappa shape index (κ3) is 2.87. The van der Waals surface area contributed by atoms with E-state index in [1.54, 1.807) is 8.61 Å². The van der Waals surface area contributed by atoms with Crippen LogP contribution in [0.2, 0.25) is 0 Å². The first-order valence-electron chi connectivity index (χ1n) is 7.83. The molecule has 2 fully saturated rings. The first kappa shape index (κ1) is 15.0. The summed E-state index contributed by atoms with van der Waals surface area (Å²) in [7, 11) is -3.27. The standard InChI is InChI=1S/C16H24N2O2S/c1-16(15-8-3-2-4-9-15)10-7-13-18(14-16)21(19,20)17-11-5-6-12-17/h2-4,8-9H,5-7,10-14H2,1H3. The molecular weight excluding hydrogens is 284 g/mol. The summed E-state index contributed by atoms with van der Waals surface area (Å²) in [4.78, 5) is 0. The Kier molecular flexibility index (Phi) is 4.08. The van der Waals surface area contributed by atoms with E-state index in [1.165, 1.54) is 5.56 Å². The smallest absolute Gasteiger partial charge is 0.195 e. The van der Waals surface area contributed by atoms with E-state index in [1.807, 2.05) is 18.2 Å². The second kappa shape index (κ2) is 5.71. The van der Waals surface area contributed by atoms with Gasteiger partial charge in [0.2, 0.25) is 0 Å². The Morgan fingerprint density at radius 1 is 0.952 bits per heavy atom. The zero-order valence-electron chi connectivity index (χ0n) is 12.7. The van der Waals surface area contributed by atoms with Crippen molar-refractivity contribution in [1.29, 1.82) is 0 Å². The topological polar surface area (TPSA) is 40.6 Å². The lowest BCUT2D eigenvalue weighted by atomic mass is 9.77. The van der Waals surface area contributed by atoms with Crippen LogP contribution >= 0.6 is 0 Å². The summed E-state index contributed by atoms with van der Waals surface area (Å²) in [6.07, 6.45) is 3.95. The zero-order chi connectivity index (χ0) is 14.9. The maximum Gasteiger partial charge on any atom is 0.282 e. The van der Waals surface area contributed by atoms with E-state index in [4.69, 9.17) is 0 Å². The predicted octanol–water partition coefficient (Wildman–Crippen LogP) is 2.38. The summed E-state index contributed by atoms with van der Waals surface area (Å²) in [5.74, 6) is 0. The SMILES string of the molecule is CC1(c2ccccc2)CCCN(S(=O)(=O)N2CCCC2)C1. The monoisotopic (exact) mass is 308 g/mol. The highest BCUT2D eigenvalue weighted by Gasteiger charge is 2.40. The van der Waals surface area contributed by atoms with Crippen molar-refractivity contribution in [3.8, 4) is 0 Å². The minimum absolute atomic E-state index is 0.0771. The molecule has 0 aliphatic carbocycles. The normalized spacial score (nSPS) is 28.8. The average Bonchev–Trinajstić information content (AvgIpc) is 3.03. The summed E-state index contributed by atoms with van der Waals surface area (Å²) in [5, 5.41) is 0. The second-order valence-electron chi connectivity index (χ2n) is 6.48. The summed E-state index contributed by atoms with van der Waals surface area (Å²) in [5.41, 5.74) is 1.16. The van der Waals surface area contributed by atoms with Crippen LogP contribution in [0, 0.1) is 0 Å². The molecule has 1 atom stereocenters. The van der Waals surface area contributed by atoms with E-state index in [9.17, 15) is 8.42 Å². The van der Waals surface area contributed by atoms with Gasteiger partial charge in [-0.2, -0.15) is 17.0 Å². The number of nitrogens with zero attached hydrogens (tertiary/aromatic N) is 2. The Labute approximate surface area is 127 Å². The Morgan fingerprint density at radius 3 is 2.24 bits per heavy atom. The molecule has 116 valence electrons. The second-order valence-corrected chi connectivity index (χ2v) is 8.41. The van der Waals surface area contributed by atoms with Gasteiger partial charge in [0.05, 0.1) is 0 Å². The van der Waals surface area contributed by atoms with Crippen molar-refractivity contribution in [2.45, 2.75) is 38.0 Å². The minimum atomic E-state index is -3.27. The van der Waals surface area contributed by atoms with Gasteiger partial charge in [0, 0.05) is 31.6 Å². The van der Waals surface area contributed by atoms with Crippen LogP contribution in [0.5, 0.6) is 0 Å². The number of hydrogen-bond acceptors (Lipinski definition) is 2. The van der Waals surface area contributed by atoms with Crippen LogP contribution in [0.4, 0.5) is 0 Å². The van der Waals surface area contributed by atoms with Crippen LogP contribution in [-0.4, -0.2) is 43.2 Å². The average molecular weight is 308 g/mol. The van der Waals surface area contributed by atoms with Gasteiger partial charge in [-0.05, 0) is 31.2 Å². The number of hydrogen-bond donors (Lipinski definition) is 0. The van der Waals surface area contributed by atoms with Crippen molar-refractivity contribution in [2.75, 3.05) is 26.2 Å². The molecule has 4 nitrogen and oxygen atoms in total. The molecule has 0 N–H and O–H groups in total. The number of benzene rings is 1. The summed E-state index contributed by atoms with van der Waals surface area (Å²) in [6.45, 7) is 4.80. The van der Waals surface area contributed by atoms with Crippen molar-refractivity contribution in [3.05, 3.63) is 35.9 Å². The highest BCUT2D eigenvalue weighted by Crippen LogP contribution is 2.35. The summed E-state index contributed by atoms with van der Waals surface area (Å²) in [6, 6.07) is 10.3. The van der Waals surface area contributed by atoms with E-state index in [2.05, 4.69) is 19.1 Å². The minimum Gasteiger partial charge on any atom is -0.195 e. The van der Waals surface area contributed by atoms with Gasteiger partial charge in [0.25, 0.3) is 10.2 Å². The number of piperidine rings is 1. The fourth-order valence-corrected chi connectivity index (χ4v) is 5.40. The van der Waals surface area contributed by atoms with Gasteiger partial charge in [-0.3, -0.25) is 0 Å². The number of rotatable bonds is 3. The van der Waals surface area contributed by atoms with Crippen molar-refractivity contribution in [3.63, 3.8) is 0 Å². The maximum atomic E-state index is 12.8. The lowest BCUT2D eigenvalue weighted by Gasteiger charge is -2.41. The van der Waals surface area contributed by atoms with Gasteiger partial charge in [-0.1, -0.05) is 37.3 Å². The molecule has 0 spiro atoms. The van der Waals surface area contributed by atoms with Crippen molar-refractivity contribution in [2.24, 2.45) is 0 Å². The molecule has 5 heteroatoms. The molecule has 3 rings (SSSR count). The van der Waals surface area contributed by atoms with Crippen molar-refractivity contribution >= 4 is 10.2 Å². The van der Waals surface area contributed by atoms with Crippen LogP contribution in [0.1, 0.15) is 38.2 Å². The summed E-state index contributed by atoms with van der Waals surface area (Å²) < 4.78 is 28.9. The Bertz CT molecular complexity index is 582. The fourth-order valence-electron chi connectivity index (χ4n) is 3.55. The third-order valence-electron chi connectivity index (χ3n) is 4.85. The van der Waals surface area contributed by atoms with Crippen LogP contribution in [0.3, 0.4) is 0 Å². The Morgan fingerprint density at radius 2 is 1.57 bits per heavy atom. The predicted molar refractivity (Wildman–Crippen MR) is 84.3 cm³/mol. The van der Waals surface area contributed by atoms with E-state index in [-0.39, 0.29) is 5.41 Å². The maximum absolute atomic E-state index is 12.8. The Balaban J connectivity index is 1.83. The molecule has 2 aliphatic heterocycles. The zero-order valence-corrected chi connectivity index (χ0v) is 13.5. The highest BCUT2D eigenvalue weighted by molar-refractivity contribution is 7.86. The van der Waals surface area contributed by atoms with Gasteiger partial charge in [-0.15, -0.1) is 0 Å². The largest absolute Gasteiger partial charge is 0.282 e. The molecule has 2 heterocycles. The molecule has 1 unspecified atom stereocenters. The quantitative estimate of drug-likeness (QED) is 0.860. The molecule has 0 bridgehead atoms. The molecule has 0 saturated carbocycles. The molecular formula is C16H24N2O2S. The van der Waals surface area contributed by atoms with Gasteiger partial charge in [-0.25, -0.2) is 0 Å². The third-order valence-corrected chi connectivity index (χ3v) is 6.83. The molecule has 2 saturated heterocycles.